The first kappa shape index (κ1) is 21.3. The first-order chi connectivity index (χ1) is 15.4. The highest BCUT2D eigenvalue weighted by Crippen LogP contribution is 2.33. The molecule has 5 rings (SSSR count). The van der Waals surface area contributed by atoms with Crippen molar-refractivity contribution in [1.29, 1.82) is 0 Å². The molecule has 0 aliphatic carbocycles. The zero-order chi connectivity index (χ0) is 22.3. The second-order valence-electron chi connectivity index (χ2n) is 9.06. The van der Waals surface area contributed by atoms with Gasteiger partial charge in [-0.2, -0.15) is 0 Å². The van der Waals surface area contributed by atoms with Crippen LogP contribution in [0.15, 0.2) is 48.5 Å². The fourth-order valence-corrected chi connectivity index (χ4v) is 5.32. The Balaban J connectivity index is 1.43. The molecule has 0 N–H and O–H groups in total. The van der Waals surface area contributed by atoms with E-state index in [9.17, 15) is 0 Å². The molecule has 0 radical (unpaired) electrons. The molecular weight excluding hydrogens is 442 g/mol. The van der Waals surface area contributed by atoms with E-state index in [2.05, 4.69) is 76.4 Å². The van der Waals surface area contributed by atoms with E-state index < -0.39 is 0 Å². The number of hydrogen-bond donors (Lipinski definition) is 0. The normalized spacial score (nSPS) is 16.6. The summed E-state index contributed by atoms with van der Waals surface area (Å²) in [5, 5.41) is 14.6. The molecule has 1 unspecified atom stereocenters. The molecule has 1 aliphatic heterocycles. The summed E-state index contributed by atoms with van der Waals surface area (Å²) in [4.78, 5) is 9.69. The Hall–Kier alpha value is -2.55. The Morgan fingerprint density at radius 2 is 1.69 bits per heavy atom. The van der Waals surface area contributed by atoms with Crippen molar-refractivity contribution in [3.63, 3.8) is 0 Å². The van der Waals surface area contributed by atoms with E-state index in [0.717, 1.165) is 53.2 Å². The largest absolute Gasteiger partial charge is 0.345 e. The average molecular weight is 468 g/mol. The van der Waals surface area contributed by atoms with Gasteiger partial charge in [-0.3, -0.25) is 4.90 Å². The van der Waals surface area contributed by atoms with Crippen LogP contribution in [0.25, 0.3) is 10.2 Å². The Morgan fingerprint density at radius 1 is 0.969 bits per heavy atom. The molecule has 0 spiro atoms. The minimum atomic E-state index is -0.216. The molecule has 4 aromatic rings. The van der Waals surface area contributed by atoms with Gasteiger partial charge in [0.2, 0.25) is 0 Å². The van der Waals surface area contributed by atoms with Crippen LogP contribution in [-0.4, -0.2) is 56.3 Å². The SMILES string of the molecule is CC(C)(C)n1nnnc1C(c1ccc(Cl)cc1)N1CCN(c2nc3ccccc3s2)CC1. The van der Waals surface area contributed by atoms with Crippen molar-refractivity contribution in [1.82, 2.24) is 30.1 Å². The van der Waals surface area contributed by atoms with Crippen LogP contribution in [0.4, 0.5) is 5.13 Å². The number of anilines is 1. The number of para-hydroxylation sites is 1. The average Bonchev–Trinajstić information content (AvgIpc) is 3.43. The van der Waals surface area contributed by atoms with Crippen LogP contribution < -0.4 is 4.90 Å². The lowest BCUT2D eigenvalue weighted by Crippen LogP contribution is -2.48. The van der Waals surface area contributed by atoms with E-state index in [-0.39, 0.29) is 11.6 Å². The Bertz CT molecular complexity index is 1170. The summed E-state index contributed by atoms with van der Waals surface area (Å²) >= 11 is 7.94. The number of tetrazole rings is 1. The monoisotopic (exact) mass is 467 g/mol. The molecule has 3 heterocycles. The van der Waals surface area contributed by atoms with Gasteiger partial charge in [0.25, 0.3) is 0 Å². The molecule has 2 aromatic carbocycles. The molecule has 7 nitrogen and oxygen atoms in total. The van der Waals surface area contributed by atoms with Crippen molar-refractivity contribution >= 4 is 38.3 Å². The lowest BCUT2D eigenvalue weighted by atomic mass is 10.0. The van der Waals surface area contributed by atoms with Gasteiger partial charge in [0, 0.05) is 31.2 Å². The van der Waals surface area contributed by atoms with E-state index >= 15 is 0 Å². The zero-order valence-corrected chi connectivity index (χ0v) is 20.0. The molecule has 0 amide bonds. The Morgan fingerprint density at radius 3 is 2.38 bits per heavy atom. The van der Waals surface area contributed by atoms with Crippen LogP contribution in [0.2, 0.25) is 5.02 Å². The first-order valence-corrected chi connectivity index (χ1v) is 12.0. The molecule has 1 atom stereocenters. The summed E-state index contributed by atoms with van der Waals surface area (Å²) in [6, 6.07) is 16.3. The van der Waals surface area contributed by atoms with Gasteiger partial charge in [-0.1, -0.05) is 47.2 Å². The van der Waals surface area contributed by atoms with Crippen molar-refractivity contribution in [2.45, 2.75) is 32.4 Å². The summed E-state index contributed by atoms with van der Waals surface area (Å²) < 4.78 is 3.17. The highest BCUT2D eigenvalue weighted by Gasteiger charge is 2.33. The Labute approximate surface area is 196 Å². The molecule has 1 aliphatic rings. The highest BCUT2D eigenvalue weighted by atomic mass is 35.5. The van der Waals surface area contributed by atoms with Gasteiger partial charge in [-0.25, -0.2) is 9.67 Å². The smallest absolute Gasteiger partial charge is 0.186 e. The van der Waals surface area contributed by atoms with Crippen molar-refractivity contribution in [2.75, 3.05) is 31.1 Å². The van der Waals surface area contributed by atoms with Crippen LogP contribution >= 0.6 is 22.9 Å². The predicted molar refractivity (Wildman–Crippen MR) is 130 cm³/mol. The van der Waals surface area contributed by atoms with Crippen molar-refractivity contribution in [3.8, 4) is 0 Å². The van der Waals surface area contributed by atoms with E-state index in [4.69, 9.17) is 16.6 Å². The zero-order valence-electron chi connectivity index (χ0n) is 18.4. The summed E-state index contributed by atoms with van der Waals surface area (Å²) in [5.41, 5.74) is 1.99. The second kappa shape index (κ2) is 8.42. The maximum Gasteiger partial charge on any atom is 0.186 e. The lowest BCUT2D eigenvalue weighted by molar-refractivity contribution is 0.191. The van der Waals surface area contributed by atoms with Gasteiger partial charge in [-0.15, -0.1) is 5.10 Å². The quantitative estimate of drug-likeness (QED) is 0.437. The number of piperazine rings is 1. The minimum absolute atomic E-state index is 0.0426. The molecule has 0 bridgehead atoms. The number of halogens is 1. The molecule has 2 aromatic heterocycles. The standard InChI is InChI=1S/C23H26ClN7S/c1-23(2,3)31-21(26-27-28-31)20(16-8-10-17(24)11-9-16)29-12-14-30(15-13-29)22-25-18-6-4-5-7-19(18)32-22/h4-11,20H,12-15H2,1-3H3. The number of nitrogens with zero attached hydrogens (tertiary/aromatic N) is 7. The van der Waals surface area contributed by atoms with E-state index in [1.165, 1.54) is 4.70 Å². The number of thiazole rings is 1. The van der Waals surface area contributed by atoms with Gasteiger partial charge < -0.3 is 4.90 Å². The molecule has 9 heteroatoms. The minimum Gasteiger partial charge on any atom is -0.345 e. The third-order valence-electron chi connectivity index (χ3n) is 5.79. The van der Waals surface area contributed by atoms with Gasteiger partial charge in [0.1, 0.15) is 0 Å². The summed E-state index contributed by atoms with van der Waals surface area (Å²) in [5.74, 6) is 0.855. The van der Waals surface area contributed by atoms with Gasteiger partial charge in [0.05, 0.1) is 21.8 Å². The van der Waals surface area contributed by atoms with Crippen LogP contribution in [0.5, 0.6) is 0 Å². The summed E-state index contributed by atoms with van der Waals surface area (Å²) in [6.45, 7) is 9.95. The molecule has 0 saturated carbocycles. The van der Waals surface area contributed by atoms with Crippen LogP contribution in [0.3, 0.4) is 0 Å². The van der Waals surface area contributed by atoms with Crippen LogP contribution in [0.1, 0.15) is 38.2 Å². The first-order valence-electron chi connectivity index (χ1n) is 10.8. The maximum absolute atomic E-state index is 6.18. The molecule has 1 fully saturated rings. The predicted octanol–water partition coefficient (Wildman–Crippen LogP) is 4.60. The number of rotatable bonds is 4. The fourth-order valence-electron chi connectivity index (χ4n) is 4.18. The molecule has 1 saturated heterocycles. The van der Waals surface area contributed by atoms with Gasteiger partial charge in [0.15, 0.2) is 11.0 Å². The van der Waals surface area contributed by atoms with E-state index in [0.29, 0.717) is 0 Å². The van der Waals surface area contributed by atoms with Crippen molar-refractivity contribution in [2.24, 2.45) is 0 Å². The van der Waals surface area contributed by atoms with Gasteiger partial charge >= 0.3 is 0 Å². The van der Waals surface area contributed by atoms with Gasteiger partial charge in [-0.05, 0) is 61.0 Å². The number of hydrogen-bond acceptors (Lipinski definition) is 7. The molecular formula is C23H26ClN7S. The van der Waals surface area contributed by atoms with Crippen molar-refractivity contribution < 1.29 is 0 Å². The topological polar surface area (TPSA) is 63.0 Å². The highest BCUT2D eigenvalue weighted by molar-refractivity contribution is 7.22. The number of fused-ring (bicyclic) bond motifs is 1. The third-order valence-corrected chi connectivity index (χ3v) is 7.14. The second-order valence-corrected chi connectivity index (χ2v) is 10.5. The van der Waals surface area contributed by atoms with Crippen molar-refractivity contribution in [3.05, 3.63) is 64.9 Å². The van der Waals surface area contributed by atoms with E-state index in [1.54, 1.807) is 11.3 Å². The lowest BCUT2D eigenvalue weighted by Gasteiger charge is -2.39. The molecule has 166 valence electrons. The number of benzene rings is 2. The fraction of sp³-hybridized carbons (Fsp3) is 0.391. The van der Waals surface area contributed by atoms with Crippen LogP contribution in [-0.2, 0) is 5.54 Å². The summed E-state index contributed by atoms with van der Waals surface area (Å²) in [6.07, 6.45) is 0. The molecule has 32 heavy (non-hydrogen) atoms. The number of aromatic nitrogens is 5. The Kier molecular flexibility index (Phi) is 5.61. The summed E-state index contributed by atoms with van der Waals surface area (Å²) in [7, 11) is 0. The van der Waals surface area contributed by atoms with E-state index in [1.807, 2.05) is 22.9 Å². The van der Waals surface area contributed by atoms with Crippen LogP contribution in [0, 0.1) is 0 Å². The maximum atomic E-state index is 6.18. The third kappa shape index (κ3) is 4.10.